The molecule has 0 amide bonds. The van der Waals surface area contributed by atoms with E-state index >= 15 is 0 Å². The van der Waals surface area contributed by atoms with Gasteiger partial charge < -0.3 is 14.0 Å². The topological polar surface area (TPSA) is 56.8 Å². The lowest BCUT2D eigenvalue weighted by molar-refractivity contribution is 0.0344. The second kappa shape index (κ2) is 9.60. The van der Waals surface area contributed by atoms with Crippen molar-refractivity contribution in [3.63, 3.8) is 0 Å². The third-order valence-electron chi connectivity index (χ3n) is 6.90. The molecule has 0 unspecified atom stereocenters. The molecule has 1 aliphatic rings. The molecule has 7 heteroatoms. The third-order valence-corrected chi connectivity index (χ3v) is 6.90. The minimum absolute atomic E-state index is 0.762. The Morgan fingerprint density at radius 2 is 1.53 bits per heavy atom. The number of ether oxygens (including phenoxy) is 2. The quantitative estimate of drug-likeness (QED) is 0.346. The smallest absolute Gasteiger partial charge is 0.141 e. The molecule has 0 atom stereocenters. The number of aromatic nitrogens is 4. The highest BCUT2D eigenvalue weighted by Crippen LogP contribution is 2.39. The summed E-state index contributed by atoms with van der Waals surface area (Å²) in [5.74, 6) is 0.836. The summed E-state index contributed by atoms with van der Waals surface area (Å²) in [6.45, 7) is 4.17. The van der Waals surface area contributed by atoms with Crippen molar-refractivity contribution in [2.75, 3.05) is 33.4 Å². The van der Waals surface area contributed by atoms with Gasteiger partial charge >= 0.3 is 0 Å². The van der Waals surface area contributed by atoms with Crippen molar-refractivity contribution in [3.8, 4) is 39.5 Å². The fourth-order valence-corrected chi connectivity index (χ4v) is 5.11. The molecule has 0 N–H and O–H groups in total. The number of nitrogens with zero attached hydrogens (tertiary/aromatic N) is 5. The van der Waals surface area contributed by atoms with E-state index in [0.717, 1.165) is 78.0 Å². The minimum Gasteiger partial charge on any atom is -0.497 e. The maximum absolute atomic E-state index is 5.62. The van der Waals surface area contributed by atoms with Crippen LogP contribution in [0.4, 0.5) is 0 Å². The van der Waals surface area contributed by atoms with Gasteiger partial charge in [-0.05, 0) is 36.4 Å². The van der Waals surface area contributed by atoms with Crippen molar-refractivity contribution in [3.05, 3.63) is 84.7 Å². The summed E-state index contributed by atoms with van der Waals surface area (Å²) in [6, 6.07) is 22.8. The fraction of sp³-hybridized carbons (Fsp3) is 0.241. The Morgan fingerprint density at radius 3 is 2.22 bits per heavy atom. The summed E-state index contributed by atoms with van der Waals surface area (Å²) >= 11 is 0. The number of methoxy groups -OCH3 is 1. The van der Waals surface area contributed by atoms with Crippen molar-refractivity contribution in [1.82, 2.24) is 24.1 Å². The van der Waals surface area contributed by atoms with Crippen molar-refractivity contribution >= 4 is 5.65 Å². The Bertz CT molecular complexity index is 1470. The molecule has 1 fully saturated rings. The maximum Gasteiger partial charge on any atom is 0.141 e. The van der Waals surface area contributed by atoms with Gasteiger partial charge in [-0.3, -0.25) is 9.88 Å². The van der Waals surface area contributed by atoms with Crippen molar-refractivity contribution < 1.29 is 9.47 Å². The standard InChI is InChI=1S/C29H29N5O2/c1-32-27(22-8-10-24(35-2)11-9-22)28(23-12-14-30-15-13-23)34-29(32)25(20-33-16-18-36-19-17-33)26(31-34)21-6-4-3-5-7-21/h3-15H,16-20H2,1-2H3. The lowest BCUT2D eigenvalue weighted by Crippen LogP contribution is -2.35. The molecule has 0 saturated carbocycles. The van der Waals surface area contributed by atoms with Gasteiger partial charge in [-0.1, -0.05) is 30.3 Å². The molecule has 5 aromatic rings. The van der Waals surface area contributed by atoms with Crippen LogP contribution in [0.3, 0.4) is 0 Å². The Hall–Kier alpha value is -3.94. The highest BCUT2D eigenvalue weighted by Gasteiger charge is 2.27. The Labute approximate surface area is 210 Å². The molecule has 0 radical (unpaired) electrons. The van der Waals surface area contributed by atoms with Crippen molar-refractivity contribution in [2.45, 2.75) is 6.54 Å². The van der Waals surface area contributed by atoms with Crippen molar-refractivity contribution in [1.29, 1.82) is 0 Å². The van der Waals surface area contributed by atoms with Gasteiger partial charge in [0.15, 0.2) is 0 Å². The predicted molar refractivity (Wildman–Crippen MR) is 141 cm³/mol. The van der Waals surface area contributed by atoms with Crippen LogP contribution in [0.25, 0.3) is 39.4 Å². The van der Waals surface area contributed by atoms with E-state index in [-0.39, 0.29) is 0 Å². The predicted octanol–water partition coefficient (Wildman–Crippen LogP) is 4.91. The fourth-order valence-electron chi connectivity index (χ4n) is 5.11. The molecule has 2 aromatic carbocycles. The van der Waals surface area contributed by atoms with E-state index < -0.39 is 0 Å². The number of imidazole rings is 1. The van der Waals surface area contributed by atoms with Crippen molar-refractivity contribution in [2.24, 2.45) is 7.05 Å². The van der Waals surface area contributed by atoms with E-state index in [4.69, 9.17) is 14.6 Å². The molecular formula is C29H29N5O2. The molecule has 7 nitrogen and oxygen atoms in total. The summed E-state index contributed by atoms with van der Waals surface area (Å²) in [5.41, 5.74) is 8.79. The van der Waals surface area contributed by atoms with E-state index in [0.29, 0.717) is 0 Å². The van der Waals surface area contributed by atoms with Crippen LogP contribution in [-0.2, 0) is 18.3 Å². The van der Waals surface area contributed by atoms with Crippen LogP contribution in [0.5, 0.6) is 5.75 Å². The Balaban J connectivity index is 1.62. The molecule has 0 bridgehead atoms. The van der Waals surface area contributed by atoms with Gasteiger partial charge in [0, 0.05) is 61.3 Å². The second-order valence-electron chi connectivity index (χ2n) is 9.04. The summed E-state index contributed by atoms with van der Waals surface area (Å²) in [5, 5.41) is 5.26. The minimum atomic E-state index is 0.762. The van der Waals surface area contributed by atoms with Crippen LogP contribution in [0.1, 0.15) is 5.56 Å². The summed E-state index contributed by atoms with van der Waals surface area (Å²) in [7, 11) is 3.83. The molecule has 6 rings (SSSR count). The molecule has 0 aliphatic carbocycles. The number of fused-ring (bicyclic) bond motifs is 1. The number of aryl methyl sites for hydroxylation is 1. The molecule has 36 heavy (non-hydrogen) atoms. The monoisotopic (exact) mass is 479 g/mol. The maximum atomic E-state index is 5.62. The summed E-state index contributed by atoms with van der Waals surface area (Å²) in [6.07, 6.45) is 3.67. The Morgan fingerprint density at radius 1 is 0.833 bits per heavy atom. The summed E-state index contributed by atoms with van der Waals surface area (Å²) in [4.78, 5) is 6.72. The van der Waals surface area contributed by atoms with Crippen LogP contribution in [-0.4, -0.2) is 57.5 Å². The highest BCUT2D eigenvalue weighted by molar-refractivity contribution is 5.85. The average Bonchev–Trinajstić information content (AvgIpc) is 3.45. The third kappa shape index (κ3) is 3.96. The first-order valence-corrected chi connectivity index (χ1v) is 12.2. The second-order valence-corrected chi connectivity index (χ2v) is 9.04. The molecule has 1 aliphatic heterocycles. The number of pyridine rings is 1. The van der Waals surface area contributed by atoms with E-state index in [1.54, 1.807) is 7.11 Å². The molecule has 1 saturated heterocycles. The van der Waals surface area contributed by atoms with Crippen LogP contribution in [0.15, 0.2) is 79.1 Å². The average molecular weight is 480 g/mol. The van der Waals surface area contributed by atoms with Gasteiger partial charge in [0.2, 0.25) is 0 Å². The van der Waals surface area contributed by atoms with E-state index in [2.05, 4.69) is 62.4 Å². The largest absolute Gasteiger partial charge is 0.497 e. The van der Waals surface area contributed by atoms with Gasteiger partial charge in [-0.25, -0.2) is 4.52 Å². The molecule has 3 aromatic heterocycles. The zero-order chi connectivity index (χ0) is 24.5. The number of rotatable bonds is 6. The molecule has 4 heterocycles. The van der Waals surface area contributed by atoms with Crippen LogP contribution >= 0.6 is 0 Å². The Kier molecular flexibility index (Phi) is 6.01. The first-order chi connectivity index (χ1) is 17.7. The molecule has 182 valence electrons. The first-order valence-electron chi connectivity index (χ1n) is 12.2. The summed E-state index contributed by atoms with van der Waals surface area (Å²) < 4.78 is 15.4. The normalized spacial score (nSPS) is 14.4. The molecular weight excluding hydrogens is 450 g/mol. The molecule has 0 spiro atoms. The first kappa shape index (κ1) is 22.5. The number of morpholine rings is 1. The van der Waals surface area contributed by atoms with E-state index in [1.165, 1.54) is 5.56 Å². The number of hydrogen-bond donors (Lipinski definition) is 0. The lowest BCUT2D eigenvalue weighted by atomic mass is 10.1. The van der Waals surface area contributed by atoms with E-state index in [9.17, 15) is 0 Å². The zero-order valence-electron chi connectivity index (χ0n) is 20.6. The zero-order valence-corrected chi connectivity index (χ0v) is 20.6. The van der Waals surface area contributed by atoms with Gasteiger partial charge in [0.05, 0.1) is 37.4 Å². The van der Waals surface area contributed by atoms with E-state index in [1.807, 2.05) is 42.7 Å². The number of benzene rings is 2. The SMILES string of the molecule is COc1ccc(-c2c(-c3ccncc3)n3nc(-c4ccccc4)c(CN4CCOCC4)c3n2C)cc1. The van der Waals surface area contributed by atoms with Crippen LogP contribution in [0.2, 0.25) is 0 Å². The highest BCUT2D eigenvalue weighted by atomic mass is 16.5. The lowest BCUT2D eigenvalue weighted by Gasteiger charge is -2.26. The van der Waals surface area contributed by atoms with Gasteiger partial charge in [-0.15, -0.1) is 0 Å². The van der Waals surface area contributed by atoms with Gasteiger partial charge in [0.1, 0.15) is 11.4 Å². The van der Waals surface area contributed by atoms with Gasteiger partial charge in [0.25, 0.3) is 0 Å². The van der Waals surface area contributed by atoms with Crippen LogP contribution in [0, 0.1) is 0 Å². The number of hydrogen-bond acceptors (Lipinski definition) is 5. The van der Waals surface area contributed by atoms with Gasteiger partial charge in [-0.2, -0.15) is 5.10 Å². The van der Waals surface area contributed by atoms with Crippen LogP contribution < -0.4 is 4.74 Å².